The maximum Gasteiger partial charge on any atom is 0.254 e. The van der Waals surface area contributed by atoms with Crippen LogP contribution in [0, 0.1) is 11.7 Å². The molecule has 1 aromatic rings. The zero-order valence-electron chi connectivity index (χ0n) is 12.9. The molecule has 2 rings (SSSR count). The molecule has 1 atom stereocenters. The number of halogens is 2. The molecule has 1 aliphatic rings. The summed E-state index contributed by atoms with van der Waals surface area (Å²) < 4.78 is 13.4. The van der Waals surface area contributed by atoms with Crippen molar-refractivity contribution in [1.29, 1.82) is 0 Å². The lowest BCUT2D eigenvalue weighted by Gasteiger charge is -2.09. The van der Waals surface area contributed by atoms with E-state index in [-0.39, 0.29) is 30.4 Å². The molecule has 7 heteroatoms. The van der Waals surface area contributed by atoms with Crippen molar-refractivity contribution in [1.82, 2.24) is 16.0 Å². The first-order valence-electron chi connectivity index (χ1n) is 7.67. The highest BCUT2D eigenvalue weighted by Crippen LogP contribution is 2.13. The Balaban J connectivity index is 0.00000264. The Kier molecular flexibility index (Phi) is 8.58. The quantitative estimate of drug-likeness (QED) is 0.657. The maximum atomic E-state index is 13.4. The first-order chi connectivity index (χ1) is 10.7. The second kappa shape index (κ2) is 10.2. The van der Waals surface area contributed by atoms with Crippen LogP contribution in [0.3, 0.4) is 0 Å². The smallest absolute Gasteiger partial charge is 0.254 e. The zero-order valence-corrected chi connectivity index (χ0v) is 13.8. The minimum absolute atomic E-state index is 0. The third-order valence-corrected chi connectivity index (χ3v) is 3.79. The van der Waals surface area contributed by atoms with Crippen molar-refractivity contribution in [3.05, 3.63) is 35.6 Å². The molecule has 1 aromatic carbocycles. The van der Waals surface area contributed by atoms with Gasteiger partial charge in [0.1, 0.15) is 5.82 Å². The van der Waals surface area contributed by atoms with E-state index in [1.165, 1.54) is 18.2 Å². The fraction of sp³-hybridized carbons (Fsp3) is 0.500. The lowest BCUT2D eigenvalue weighted by atomic mass is 10.0. The van der Waals surface area contributed by atoms with Gasteiger partial charge < -0.3 is 16.0 Å². The van der Waals surface area contributed by atoms with E-state index < -0.39 is 11.7 Å². The van der Waals surface area contributed by atoms with Crippen molar-refractivity contribution < 1.29 is 14.0 Å². The Labute approximate surface area is 141 Å². The van der Waals surface area contributed by atoms with Gasteiger partial charge in [0, 0.05) is 19.5 Å². The lowest BCUT2D eigenvalue weighted by Crippen LogP contribution is -2.35. The molecule has 0 spiro atoms. The molecule has 1 aliphatic heterocycles. The van der Waals surface area contributed by atoms with Crippen molar-refractivity contribution in [3.8, 4) is 0 Å². The van der Waals surface area contributed by atoms with E-state index in [0.29, 0.717) is 18.9 Å². The van der Waals surface area contributed by atoms with Crippen LogP contribution in [0.5, 0.6) is 0 Å². The summed E-state index contributed by atoms with van der Waals surface area (Å²) in [6.07, 6.45) is 2.53. The third-order valence-electron chi connectivity index (χ3n) is 3.79. The Hall–Kier alpha value is -1.66. The van der Waals surface area contributed by atoms with E-state index in [1.54, 1.807) is 6.07 Å². The number of benzene rings is 1. The standard InChI is InChI=1S/C16H22FN3O2.ClH/c17-14-4-2-1-3-13(14)16(22)20-10-9-19-15(21)6-5-12-7-8-18-11-12;/h1-4,12,18H,5-11H2,(H,19,21)(H,20,22);1H. The monoisotopic (exact) mass is 343 g/mol. The van der Waals surface area contributed by atoms with E-state index >= 15 is 0 Å². The van der Waals surface area contributed by atoms with Crippen molar-refractivity contribution in [2.75, 3.05) is 26.2 Å². The van der Waals surface area contributed by atoms with Crippen LogP contribution < -0.4 is 16.0 Å². The first-order valence-corrected chi connectivity index (χ1v) is 7.67. The average molecular weight is 344 g/mol. The Bertz CT molecular complexity index is 522. The highest BCUT2D eigenvalue weighted by atomic mass is 35.5. The molecule has 0 radical (unpaired) electrons. The van der Waals surface area contributed by atoms with Gasteiger partial charge in [-0.3, -0.25) is 9.59 Å². The first kappa shape index (κ1) is 19.4. The fourth-order valence-corrected chi connectivity index (χ4v) is 2.50. The van der Waals surface area contributed by atoms with Gasteiger partial charge in [-0.15, -0.1) is 12.4 Å². The summed E-state index contributed by atoms with van der Waals surface area (Å²) in [6, 6.07) is 5.82. The number of amides is 2. The Morgan fingerprint density at radius 2 is 1.96 bits per heavy atom. The van der Waals surface area contributed by atoms with Crippen LogP contribution >= 0.6 is 12.4 Å². The van der Waals surface area contributed by atoms with Crippen molar-refractivity contribution >= 4 is 24.2 Å². The highest BCUT2D eigenvalue weighted by molar-refractivity contribution is 5.94. The van der Waals surface area contributed by atoms with Crippen LogP contribution in [0.1, 0.15) is 29.6 Å². The fourth-order valence-electron chi connectivity index (χ4n) is 2.50. The molecule has 1 fully saturated rings. The predicted molar refractivity (Wildman–Crippen MR) is 89.2 cm³/mol. The maximum absolute atomic E-state index is 13.4. The molecule has 2 amide bonds. The molecule has 3 N–H and O–H groups in total. The van der Waals surface area contributed by atoms with Gasteiger partial charge in [-0.2, -0.15) is 0 Å². The van der Waals surface area contributed by atoms with Gasteiger partial charge in [-0.05, 0) is 44.0 Å². The predicted octanol–water partition coefficient (Wildman–Crippen LogP) is 1.48. The Morgan fingerprint density at radius 1 is 1.22 bits per heavy atom. The van der Waals surface area contributed by atoms with E-state index in [1.807, 2.05) is 0 Å². The van der Waals surface area contributed by atoms with Gasteiger partial charge >= 0.3 is 0 Å². The molecule has 5 nitrogen and oxygen atoms in total. The summed E-state index contributed by atoms with van der Waals surface area (Å²) in [6.45, 7) is 2.66. The second-order valence-corrected chi connectivity index (χ2v) is 5.48. The number of carbonyl (C=O) groups is 2. The molecule has 1 saturated heterocycles. The molecule has 0 aromatic heterocycles. The summed E-state index contributed by atoms with van der Waals surface area (Å²) in [5.41, 5.74) is 0.0163. The van der Waals surface area contributed by atoms with Crippen LogP contribution in [-0.2, 0) is 4.79 Å². The van der Waals surface area contributed by atoms with E-state index in [4.69, 9.17) is 0 Å². The van der Waals surface area contributed by atoms with Crippen LogP contribution in [0.4, 0.5) is 4.39 Å². The summed E-state index contributed by atoms with van der Waals surface area (Å²) in [7, 11) is 0. The Morgan fingerprint density at radius 3 is 2.65 bits per heavy atom. The molecule has 128 valence electrons. The molecular weight excluding hydrogens is 321 g/mol. The normalized spacial score (nSPS) is 16.5. The van der Waals surface area contributed by atoms with Gasteiger partial charge in [0.05, 0.1) is 5.56 Å². The molecule has 1 heterocycles. The van der Waals surface area contributed by atoms with E-state index in [0.717, 1.165) is 25.9 Å². The lowest BCUT2D eigenvalue weighted by molar-refractivity contribution is -0.121. The SMILES string of the molecule is Cl.O=C(CCC1CCNC1)NCCNC(=O)c1ccccc1F. The van der Waals surface area contributed by atoms with E-state index in [2.05, 4.69) is 16.0 Å². The number of rotatable bonds is 7. The number of hydrogen-bond donors (Lipinski definition) is 3. The van der Waals surface area contributed by atoms with Crippen LogP contribution in [-0.4, -0.2) is 38.0 Å². The van der Waals surface area contributed by atoms with Gasteiger partial charge in [-0.25, -0.2) is 4.39 Å². The van der Waals surface area contributed by atoms with Gasteiger partial charge in [0.2, 0.25) is 5.91 Å². The molecule has 1 unspecified atom stereocenters. The summed E-state index contributed by atoms with van der Waals surface area (Å²) in [5.74, 6) is -0.433. The van der Waals surface area contributed by atoms with Crippen molar-refractivity contribution in [2.45, 2.75) is 19.3 Å². The molecule has 0 saturated carbocycles. The summed E-state index contributed by atoms with van der Waals surface area (Å²) in [5, 5.41) is 8.62. The second-order valence-electron chi connectivity index (χ2n) is 5.48. The topological polar surface area (TPSA) is 70.2 Å². The highest BCUT2D eigenvalue weighted by Gasteiger charge is 2.15. The number of nitrogens with one attached hydrogen (secondary N) is 3. The largest absolute Gasteiger partial charge is 0.354 e. The molecule has 0 bridgehead atoms. The van der Waals surface area contributed by atoms with Crippen molar-refractivity contribution in [2.24, 2.45) is 5.92 Å². The number of hydrogen-bond acceptors (Lipinski definition) is 3. The number of carbonyl (C=O) groups excluding carboxylic acids is 2. The van der Waals surface area contributed by atoms with E-state index in [9.17, 15) is 14.0 Å². The molecular formula is C16H23ClFN3O2. The zero-order chi connectivity index (χ0) is 15.8. The van der Waals surface area contributed by atoms with Crippen molar-refractivity contribution in [3.63, 3.8) is 0 Å². The molecule has 23 heavy (non-hydrogen) atoms. The third kappa shape index (κ3) is 6.54. The molecule has 0 aliphatic carbocycles. The minimum atomic E-state index is -0.547. The summed E-state index contributed by atoms with van der Waals surface area (Å²) >= 11 is 0. The van der Waals surface area contributed by atoms with Gasteiger partial charge in [0.15, 0.2) is 0 Å². The minimum Gasteiger partial charge on any atom is -0.354 e. The van der Waals surface area contributed by atoms with Crippen LogP contribution in [0.25, 0.3) is 0 Å². The van der Waals surface area contributed by atoms with Crippen LogP contribution in [0.15, 0.2) is 24.3 Å². The summed E-state index contributed by atoms with van der Waals surface area (Å²) in [4.78, 5) is 23.4. The van der Waals surface area contributed by atoms with Gasteiger partial charge in [-0.1, -0.05) is 12.1 Å². The average Bonchev–Trinajstić information content (AvgIpc) is 3.03. The van der Waals surface area contributed by atoms with Gasteiger partial charge in [0.25, 0.3) is 5.91 Å². The van der Waals surface area contributed by atoms with Crippen LogP contribution in [0.2, 0.25) is 0 Å².